The van der Waals surface area contributed by atoms with Gasteiger partial charge in [0.25, 0.3) is 0 Å². The zero-order valence-electron chi connectivity index (χ0n) is 19.4. The summed E-state index contributed by atoms with van der Waals surface area (Å²) < 4.78 is 5.78. The molecule has 0 aromatic carbocycles. The van der Waals surface area contributed by atoms with E-state index in [1.165, 1.54) is 129 Å². The van der Waals surface area contributed by atoms with Gasteiger partial charge in [0.1, 0.15) is 0 Å². The standard InChI is InChI=1S/C25H53NO/c1-4-7-8-9-10-11-12-13-14-15-16-17-18-19-21-24-27-25-22-20-23-26(5-2)6-3/h4-25H2,1-3H3. The highest BCUT2D eigenvalue weighted by atomic mass is 16.5. The fourth-order valence-corrected chi connectivity index (χ4v) is 3.76. The minimum Gasteiger partial charge on any atom is -0.381 e. The Morgan fingerprint density at radius 3 is 1.22 bits per heavy atom. The van der Waals surface area contributed by atoms with Gasteiger partial charge in [-0.15, -0.1) is 0 Å². The Hall–Kier alpha value is -0.0800. The van der Waals surface area contributed by atoms with E-state index in [1.807, 2.05) is 0 Å². The molecule has 27 heavy (non-hydrogen) atoms. The third kappa shape index (κ3) is 22.1. The second-order valence-electron chi connectivity index (χ2n) is 8.30. The minimum absolute atomic E-state index is 0.958. The molecule has 0 radical (unpaired) electrons. The van der Waals surface area contributed by atoms with Crippen LogP contribution in [0.5, 0.6) is 0 Å². The molecular formula is C25H53NO. The van der Waals surface area contributed by atoms with Gasteiger partial charge in [0.05, 0.1) is 0 Å². The van der Waals surface area contributed by atoms with Crippen LogP contribution in [0.25, 0.3) is 0 Å². The van der Waals surface area contributed by atoms with Crippen LogP contribution < -0.4 is 0 Å². The summed E-state index contributed by atoms with van der Waals surface area (Å²) in [6.45, 7) is 12.3. The van der Waals surface area contributed by atoms with Crippen molar-refractivity contribution in [3.63, 3.8) is 0 Å². The van der Waals surface area contributed by atoms with Gasteiger partial charge in [-0.2, -0.15) is 0 Å². The van der Waals surface area contributed by atoms with Crippen LogP contribution >= 0.6 is 0 Å². The van der Waals surface area contributed by atoms with Gasteiger partial charge in [0.15, 0.2) is 0 Å². The highest BCUT2D eigenvalue weighted by Gasteiger charge is 1.98. The lowest BCUT2D eigenvalue weighted by Gasteiger charge is -2.17. The molecule has 2 heteroatoms. The van der Waals surface area contributed by atoms with Crippen LogP contribution in [0.4, 0.5) is 0 Å². The fourth-order valence-electron chi connectivity index (χ4n) is 3.76. The van der Waals surface area contributed by atoms with E-state index in [-0.39, 0.29) is 0 Å². The second-order valence-corrected chi connectivity index (χ2v) is 8.30. The van der Waals surface area contributed by atoms with E-state index in [0.29, 0.717) is 0 Å². The van der Waals surface area contributed by atoms with E-state index >= 15 is 0 Å². The lowest BCUT2D eigenvalue weighted by atomic mass is 10.0. The van der Waals surface area contributed by atoms with Gasteiger partial charge in [-0.05, 0) is 38.9 Å². The van der Waals surface area contributed by atoms with Crippen LogP contribution in [0, 0.1) is 0 Å². The summed E-state index contributed by atoms with van der Waals surface area (Å²) in [5, 5.41) is 0. The zero-order chi connectivity index (χ0) is 19.8. The number of nitrogens with zero attached hydrogens (tertiary/aromatic N) is 1. The first-order valence-electron chi connectivity index (χ1n) is 12.6. The fraction of sp³-hybridized carbons (Fsp3) is 1.00. The Kier molecular flexibility index (Phi) is 23.9. The average Bonchev–Trinajstić information content (AvgIpc) is 2.69. The normalized spacial score (nSPS) is 11.6. The zero-order valence-corrected chi connectivity index (χ0v) is 19.4. The van der Waals surface area contributed by atoms with Crippen molar-refractivity contribution in [3.8, 4) is 0 Å². The third-order valence-corrected chi connectivity index (χ3v) is 5.80. The third-order valence-electron chi connectivity index (χ3n) is 5.80. The van der Waals surface area contributed by atoms with Crippen molar-refractivity contribution in [3.05, 3.63) is 0 Å². The minimum atomic E-state index is 0.958. The van der Waals surface area contributed by atoms with Crippen molar-refractivity contribution in [2.24, 2.45) is 0 Å². The predicted octanol–water partition coefficient (Wildman–Crippen LogP) is 8.00. The molecule has 2 nitrogen and oxygen atoms in total. The van der Waals surface area contributed by atoms with Gasteiger partial charge < -0.3 is 9.64 Å². The van der Waals surface area contributed by atoms with E-state index in [1.54, 1.807) is 0 Å². The highest BCUT2D eigenvalue weighted by Crippen LogP contribution is 2.13. The van der Waals surface area contributed by atoms with Crippen LogP contribution in [0.15, 0.2) is 0 Å². The van der Waals surface area contributed by atoms with Crippen LogP contribution in [0.3, 0.4) is 0 Å². The maximum Gasteiger partial charge on any atom is 0.0466 e. The molecule has 164 valence electrons. The molecule has 0 bridgehead atoms. The van der Waals surface area contributed by atoms with Crippen molar-refractivity contribution >= 4 is 0 Å². The molecule has 0 aromatic rings. The summed E-state index contributed by atoms with van der Waals surface area (Å²) in [5.41, 5.74) is 0. The van der Waals surface area contributed by atoms with Gasteiger partial charge in [-0.25, -0.2) is 0 Å². The Morgan fingerprint density at radius 2 is 0.815 bits per heavy atom. The van der Waals surface area contributed by atoms with Crippen molar-refractivity contribution < 1.29 is 4.74 Å². The Morgan fingerprint density at radius 1 is 0.444 bits per heavy atom. The van der Waals surface area contributed by atoms with Gasteiger partial charge in [-0.3, -0.25) is 0 Å². The summed E-state index contributed by atoms with van der Waals surface area (Å²) >= 11 is 0. The molecule has 0 N–H and O–H groups in total. The number of hydrogen-bond acceptors (Lipinski definition) is 2. The van der Waals surface area contributed by atoms with Crippen LogP contribution in [-0.2, 0) is 4.74 Å². The second kappa shape index (κ2) is 24.0. The first-order chi connectivity index (χ1) is 13.3. The number of ether oxygens (including phenoxy) is 1. The SMILES string of the molecule is CCCCCCCCCCCCCCCCCOCCCCN(CC)CC. The molecule has 0 unspecified atom stereocenters. The van der Waals surface area contributed by atoms with E-state index in [0.717, 1.165) is 13.2 Å². The predicted molar refractivity (Wildman–Crippen MR) is 123 cm³/mol. The summed E-state index contributed by atoms with van der Waals surface area (Å²) in [4.78, 5) is 2.49. The van der Waals surface area contributed by atoms with Crippen molar-refractivity contribution in [2.45, 2.75) is 130 Å². The Labute approximate surface area is 172 Å². The van der Waals surface area contributed by atoms with E-state index < -0.39 is 0 Å². The van der Waals surface area contributed by atoms with Gasteiger partial charge in [-0.1, -0.05) is 111 Å². The van der Waals surface area contributed by atoms with E-state index in [9.17, 15) is 0 Å². The summed E-state index contributed by atoms with van der Waals surface area (Å²) in [6, 6.07) is 0. The van der Waals surface area contributed by atoms with Crippen molar-refractivity contribution in [1.82, 2.24) is 4.90 Å². The number of rotatable bonds is 23. The molecule has 0 saturated carbocycles. The first kappa shape index (κ1) is 26.9. The Balaban J connectivity index is 3.03. The molecule has 0 aliphatic heterocycles. The van der Waals surface area contributed by atoms with Gasteiger partial charge in [0, 0.05) is 13.2 Å². The topological polar surface area (TPSA) is 12.5 Å². The van der Waals surface area contributed by atoms with Gasteiger partial charge >= 0.3 is 0 Å². The Bertz CT molecular complexity index is 253. The highest BCUT2D eigenvalue weighted by molar-refractivity contribution is 4.52. The molecule has 0 aliphatic rings. The molecule has 0 aromatic heterocycles. The molecule has 0 spiro atoms. The van der Waals surface area contributed by atoms with E-state index in [4.69, 9.17) is 4.74 Å². The smallest absolute Gasteiger partial charge is 0.0466 e. The molecule has 0 atom stereocenters. The number of unbranched alkanes of at least 4 members (excludes halogenated alkanes) is 15. The van der Waals surface area contributed by atoms with Crippen molar-refractivity contribution in [1.29, 1.82) is 0 Å². The molecule has 0 fully saturated rings. The molecule has 0 rings (SSSR count). The first-order valence-corrected chi connectivity index (χ1v) is 12.6. The maximum absolute atomic E-state index is 5.78. The molecule has 0 amide bonds. The van der Waals surface area contributed by atoms with Crippen molar-refractivity contribution in [2.75, 3.05) is 32.8 Å². The summed E-state index contributed by atoms with van der Waals surface area (Å²) in [6.07, 6.45) is 23.9. The van der Waals surface area contributed by atoms with Gasteiger partial charge in [0.2, 0.25) is 0 Å². The lowest BCUT2D eigenvalue weighted by molar-refractivity contribution is 0.123. The van der Waals surface area contributed by atoms with Crippen LogP contribution in [0.2, 0.25) is 0 Å². The lowest BCUT2D eigenvalue weighted by Crippen LogP contribution is -2.24. The van der Waals surface area contributed by atoms with Crippen LogP contribution in [0.1, 0.15) is 130 Å². The number of hydrogen-bond donors (Lipinski definition) is 0. The van der Waals surface area contributed by atoms with Crippen LogP contribution in [-0.4, -0.2) is 37.7 Å². The molecule has 0 saturated heterocycles. The monoisotopic (exact) mass is 383 g/mol. The largest absolute Gasteiger partial charge is 0.381 e. The maximum atomic E-state index is 5.78. The average molecular weight is 384 g/mol. The molecule has 0 aliphatic carbocycles. The van der Waals surface area contributed by atoms with E-state index in [2.05, 4.69) is 25.7 Å². The summed E-state index contributed by atoms with van der Waals surface area (Å²) in [7, 11) is 0. The quantitative estimate of drug-likeness (QED) is 0.166. The summed E-state index contributed by atoms with van der Waals surface area (Å²) in [5.74, 6) is 0. The molecular weight excluding hydrogens is 330 g/mol. The molecule has 0 heterocycles.